The van der Waals surface area contributed by atoms with Gasteiger partial charge in [0.1, 0.15) is 0 Å². The molecule has 13 heavy (non-hydrogen) atoms. The maximum Gasteiger partial charge on any atom is 0.211 e. The zero-order valence-electron chi connectivity index (χ0n) is 7.79. The first-order chi connectivity index (χ1) is 6.02. The summed E-state index contributed by atoms with van der Waals surface area (Å²) in [7, 11) is -3.16. The minimum atomic E-state index is -3.16. The van der Waals surface area contributed by atoms with E-state index in [1.54, 1.807) is 6.92 Å². The van der Waals surface area contributed by atoms with Gasteiger partial charge in [-0.2, -0.15) is 0 Å². The van der Waals surface area contributed by atoms with Gasteiger partial charge >= 0.3 is 0 Å². The quantitative estimate of drug-likeness (QED) is 0.481. The van der Waals surface area contributed by atoms with Gasteiger partial charge in [-0.25, -0.2) is 13.1 Å². The molecule has 0 fully saturated rings. The van der Waals surface area contributed by atoms with Crippen LogP contribution in [-0.4, -0.2) is 33.1 Å². The number of halogens is 1. The molecule has 4 nitrogen and oxygen atoms in total. The smallest absolute Gasteiger partial charge is 0.211 e. The molecule has 0 aromatic rings. The first-order valence-electron chi connectivity index (χ1n) is 4.25. The zero-order valence-corrected chi connectivity index (χ0v) is 9.37. The van der Waals surface area contributed by atoms with Gasteiger partial charge in [0.25, 0.3) is 0 Å². The van der Waals surface area contributed by atoms with Gasteiger partial charge in [0, 0.05) is 12.4 Å². The minimum absolute atomic E-state index is 0.0166. The van der Waals surface area contributed by atoms with Gasteiger partial charge in [-0.15, -0.1) is 11.6 Å². The van der Waals surface area contributed by atoms with Crippen molar-refractivity contribution in [2.45, 2.75) is 13.3 Å². The molecule has 0 spiro atoms. The molecule has 0 aliphatic carbocycles. The van der Waals surface area contributed by atoms with Crippen molar-refractivity contribution in [1.82, 2.24) is 4.72 Å². The summed E-state index contributed by atoms with van der Waals surface area (Å²) in [5, 5.41) is 0. The van der Waals surface area contributed by atoms with Crippen molar-refractivity contribution in [3.8, 4) is 0 Å². The van der Waals surface area contributed by atoms with Crippen LogP contribution in [0.4, 0.5) is 0 Å². The molecule has 3 N–H and O–H groups in total. The number of alkyl halides is 1. The van der Waals surface area contributed by atoms with Crippen molar-refractivity contribution in [3.05, 3.63) is 0 Å². The van der Waals surface area contributed by atoms with Crippen LogP contribution in [-0.2, 0) is 10.0 Å². The molecular weight excluding hydrogens is 212 g/mol. The lowest BCUT2D eigenvalue weighted by molar-refractivity contribution is 0.567. The SMILES string of the molecule is CC(CCl)CS(=O)(=O)NCCCN. The summed E-state index contributed by atoms with van der Waals surface area (Å²) >= 11 is 5.51. The summed E-state index contributed by atoms with van der Waals surface area (Å²) in [5.74, 6) is 0.427. The van der Waals surface area contributed by atoms with Gasteiger partial charge in [-0.1, -0.05) is 6.92 Å². The highest BCUT2D eigenvalue weighted by atomic mass is 35.5. The second-order valence-electron chi connectivity index (χ2n) is 3.08. The molecule has 0 bridgehead atoms. The lowest BCUT2D eigenvalue weighted by Gasteiger charge is -2.09. The molecule has 6 heteroatoms. The Labute approximate surface area is 84.9 Å². The van der Waals surface area contributed by atoms with E-state index in [4.69, 9.17) is 17.3 Å². The average molecular weight is 229 g/mol. The van der Waals surface area contributed by atoms with E-state index >= 15 is 0 Å². The Morgan fingerprint density at radius 1 is 1.54 bits per heavy atom. The molecule has 0 aromatic heterocycles. The van der Waals surface area contributed by atoms with Crippen molar-refractivity contribution in [3.63, 3.8) is 0 Å². The van der Waals surface area contributed by atoms with Gasteiger partial charge in [-0.05, 0) is 18.9 Å². The third-order valence-corrected chi connectivity index (χ3v) is 3.65. The highest BCUT2D eigenvalue weighted by Gasteiger charge is 2.13. The fourth-order valence-corrected chi connectivity index (χ4v) is 2.49. The first-order valence-corrected chi connectivity index (χ1v) is 6.44. The van der Waals surface area contributed by atoms with E-state index in [0.29, 0.717) is 25.4 Å². The average Bonchev–Trinajstić information content (AvgIpc) is 2.03. The summed E-state index contributed by atoms with van der Waals surface area (Å²) in [5.41, 5.74) is 5.23. The number of rotatable bonds is 7. The van der Waals surface area contributed by atoms with E-state index in [-0.39, 0.29) is 11.7 Å². The zero-order chi connectivity index (χ0) is 10.3. The van der Waals surface area contributed by atoms with Crippen LogP contribution in [0.2, 0.25) is 0 Å². The van der Waals surface area contributed by atoms with Crippen molar-refractivity contribution in [2.24, 2.45) is 11.7 Å². The van der Waals surface area contributed by atoms with E-state index in [1.807, 2.05) is 0 Å². The number of hydrogen-bond acceptors (Lipinski definition) is 3. The summed E-state index contributed by atoms with van der Waals surface area (Å²) in [6.45, 7) is 2.70. The molecule has 0 amide bonds. The number of nitrogens with two attached hydrogens (primary N) is 1. The van der Waals surface area contributed by atoms with Crippen LogP contribution in [0.5, 0.6) is 0 Å². The van der Waals surface area contributed by atoms with Gasteiger partial charge in [-0.3, -0.25) is 0 Å². The number of sulfonamides is 1. The maximum absolute atomic E-state index is 11.3. The van der Waals surface area contributed by atoms with Gasteiger partial charge in [0.2, 0.25) is 10.0 Å². The van der Waals surface area contributed by atoms with E-state index in [0.717, 1.165) is 0 Å². The highest BCUT2D eigenvalue weighted by Crippen LogP contribution is 2.01. The predicted octanol–water partition coefficient (Wildman–Crippen LogP) is 0.130. The molecule has 0 aromatic carbocycles. The van der Waals surface area contributed by atoms with Gasteiger partial charge in [0.15, 0.2) is 0 Å². The Kier molecular flexibility index (Phi) is 6.67. The molecule has 80 valence electrons. The van der Waals surface area contributed by atoms with Crippen LogP contribution < -0.4 is 10.5 Å². The van der Waals surface area contributed by atoms with Crippen molar-refractivity contribution < 1.29 is 8.42 Å². The van der Waals surface area contributed by atoms with Crippen LogP contribution >= 0.6 is 11.6 Å². The van der Waals surface area contributed by atoms with Crippen molar-refractivity contribution in [2.75, 3.05) is 24.7 Å². The Morgan fingerprint density at radius 3 is 2.62 bits per heavy atom. The normalized spacial score (nSPS) is 14.4. The van der Waals surface area contributed by atoms with Crippen LogP contribution in [0.25, 0.3) is 0 Å². The van der Waals surface area contributed by atoms with E-state index < -0.39 is 10.0 Å². The van der Waals surface area contributed by atoms with Crippen molar-refractivity contribution >= 4 is 21.6 Å². The van der Waals surface area contributed by atoms with Crippen LogP contribution in [0, 0.1) is 5.92 Å². The second kappa shape index (κ2) is 6.59. The standard InChI is InChI=1S/C7H17ClN2O2S/c1-7(5-8)6-13(11,12)10-4-2-3-9/h7,10H,2-6,9H2,1H3. The predicted molar refractivity (Wildman–Crippen MR) is 55.3 cm³/mol. The number of hydrogen-bond donors (Lipinski definition) is 2. The fourth-order valence-electron chi connectivity index (χ4n) is 0.808. The number of nitrogens with one attached hydrogen (secondary N) is 1. The van der Waals surface area contributed by atoms with E-state index in [2.05, 4.69) is 4.72 Å². The molecular formula is C7H17ClN2O2S. The van der Waals surface area contributed by atoms with Crippen LogP contribution in [0.1, 0.15) is 13.3 Å². The topological polar surface area (TPSA) is 72.2 Å². The Balaban J connectivity index is 3.81. The minimum Gasteiger partial charge on any atom is -0.330 e. The summed E-state index contributed by atoms with van der Waals surface area (Å²) in [6, 6.07) is 0. The lowest BCUT2D eigenvalue weighted by Crippen LogP contribution is -2.31. The summed E-state index contributed by atoms with van der Waals surface area (Å²) in [4.78, 5) is 0. The summed E-state index contributed by atoms with van der Waals surface area (Å²) in [6.07, 6.45) is 0.661. The Morgan fingerprint density at radius 2 is 2.15 bits per heavy atom. The molecule has 0 aliphatic heterocycles. The van der Waals surface area contributed by atoms with E-state index in [9.17, 15) is 8.42 Å². The highest BCUT2D eigenvalue weighted by molar-refractivity contribution is 7.89. The Bertz CT molecular complexity index is 219. The van der Waals surface area contributed by atoms with Gasteiger partial charge < -0.3 is 5.73 Å². The first kappa shape index (κ1) is 13.2. The molecule has 0 rings (SSSR count). The van der Waals surface area contributed by atoms with Crippen LogP contribution in [0.3, 0.4) is 0 Å². The molecule has 1 atom stereocenters. The monoisotopic (exact) mass is 228 g/mol. The molecule has 0 heterocycles. The summed E-state index contributed by atoms with van der Waals surface area (Å²) < 4.78 is 25.0. The van der Waals surface area contributed by atoms with Gasteiger partial charge in [0.05, 0.1) is 5.75 Å². The molecule has 0 saturated carbocycles. The third kappa shape index (κ3) is 7.25. The molecule has 0 aliphatic rings. The molecule has 0 radical (unpaired) electrons. The molecule has 0 saturated heterocycles. The lowest BCUT2D eigenvalue weighted by atomic mass is 10.3. The largest absolute Gasteiger partial charge is 0.330 e. The maximum atomic E-state index is 11.3. The van der Waals surface area contributed by atoms with Crippen molar-refractivity contribution in [1.29, 1.82) is 0 Å². The van der Waals surface area contributed by atoms with Crippen LogP contribution in [0.15, 0.2) is 0 Å². The fraction of sp³-hybridized carbons (Fsp3) is 1.00. The van der Waals surface area contributed by atoms with E-state index in [1.165, 1.54) is 0 Å². The third-order valence-electron chi connectivity index (χ3n) is 1.47. The Hall–Kier alpha value is 0.160. The second-order valence-corrected chi connectivity index (χ2v) is 5.24. The molecule has 1 unspecified atom stereocenters.